The number of aromatic nitrogens is 1. The van der Waals surface area contributed by atoms with E-state index in [2.05, 4.69) is 4.98 Å². The van der Waals surface area contributed by atoms with Crippen LogP contribution < -0.4 is 0 Å². The van der Waals surface area contributed by atoms with E-state index in [0.717, 1.165) is 24.9 Å². The van der Waals surface area contributed by atoms with Crippen LogP contribution in [0.2, 0.25) is 0 Å². The summed E-state index contributed by atoms with van der Waals surface area (Å²) in [4.78, 5) is 14.7. The second kappa shape index (κ2) is 2.92. The lowest BCUT2D eigenvalue weighted by molar-refractivity contribution is -0.141. The number of aldehydes is 1. The van der Waals surface area contributed by atoms with Crippen molar-refractivity contribution in [2.45, 2.75) is 18.9 Å². The molecule has 3 nitrogen and oxygen atoms in total. The number of hydrogen-bond acceptors (Lipinski definition) is 3. The molecule has 1 saturated heterocycles. The lowest BCUT2D eigenvalue weighted by atomic mass is 9.87. The highest BCUT2D eigenvalue weighted by Gasteiger charge is 2.36. The molecule has 2 heterocycles. The van der Waals surface area contributed by atoms with Crippen molar-refractivity contribution in [3.8, 4) is 0 Å². The summed E-state index contributed by atoms with van der Waals surface area (Å²) in [6.45, 7) is 2.75. The highest BCUT2D eigenvalue weighted by molar-refractivity contribution is 5.77. The SMILES string of the molecule is CC1(c2cnccc2C=O)CCO1. The summed E-state index contributed by atoms with van der Waals surface area (Å²) in [7, 11) is 0. The number of carbonyl (C=O) groups is 1. The number of pyridine rings is 1. The zero-order valence-electron chi connectivity index (χ0n) is 7.49. The molecule has 0 saturated carbocycles. The molecule has 0 N–H and O–H groups in total. The van der Waals surface area contributed by atoms with Crippen molar-refractivity contribution < 1.29 is 9.53 Å². The molecule has 1 fully saturated rings. The van der Waals surface area contributed by atoms with Gasteiger partial charge < -0.3 is 4.74 Å². The highest BCUT2D eigenvalue weighted by Crippen LogP contribution is 2.37. The van der Waals surface area contributed by atoms with E-state index in [9.17, 15) is 4.79 Å². The summed E-state index contributed by atoms with van der Waals surface area (Å²) in [6, 6.07) is 1.72. The molecule has 1 aromatic rings. The lowest BCUT2D eigenvalue weighted by Crippen LogP contribution is -2.38. The van der Waals surface area contributed by atoms with Gasteiger partial charge in [0.15, 0.2) is 6.29 Å². The third kappa shape index (κ3) is 1.25. The first kappa shape index (κ1) is 8.38. The van der Waals surface area contributed by atoms with Crippen LogP contribution in [0, 0.1) is 0 Å². The van der Waals surface area contributed by atoms with Gasteiger partial charge in [0.05, 0.1) is 12.2 Å². The summed E-state index contributed by atoms with van der Waals surface area (Å²) < 4.78 is 5.45. The molecule has 2 rings (SSSR count). The maximum atomic E-state index is 10.7. The van der Waals surface area contributed by atoms with E-state index in [1.807, 2.05) is 6.92 Å². The van der Waals surface area contributed by atoms with Gasteiger partial charge in [0.25, 0.3) is 0 Å². The van der Waals surface area contributed by atoms with Crippen LogP contribution in [0.3, 0.4) is 0 Å². The first-order chi connectivity index (χ1) is 6.26. The van der Waals surface area contributed by atoms with Crippen LogP contribution in [0.4, 0.5) is 0 Å². The predicted molar refractivity (Wildman–Crippen MR) is 47.5 cm³/mol. The Morgan fingerprint density at radius 2 is 2.46 bits per heavy atom. The number of nitrogens with zero attached hydrogens (tertiary/aromatic N) is 1. The van der Waals surface area contributed by atoms with Gasteiger partial charge in [-0.1, -0.05) is 0 Å². The van der Waals surface area contributed by atoms with E-state index in [0.29, 0.717) is 5.56 Å². The molecular formula is C10H11NO2. The second-order valence-corrected chi connectivity index (χ2v) is 3.41. The molecule has 68 valence electrons. The van der Waals surface area contributed by atoms with Crippen LogP contribution in [0.25, 0.3) is 0 Å². The third-order valence-corrected chi connectivity index (χ3v) is 2.55. The van der Waals surface area contributed by atoms with E-state index < -0.39 is 0 Å². The molecular weight excluding hydrogens is 166 g/mol. The van der Waals surface area contributed by atoms with Crippen molar-refractivity contribution in [1.82, 2.24) is 4.98 Å². The van der Waals surface area contributed by atoms with E-state index in [4.69, 9.17) is 4.74 Å². The molecule has 0 aromatic carbocycles. The Kier molecular flexibility index (Phi) is 1.88. The quantitative estimate of drug-likeness (QED) is 0.643. The lowest BCUT2D eigenvalue weighted by Gasteiger charge is -2.39. The largest absolute Gasteiger partial charge is 0.370 e. The molecule has 0 bridgehead atoms. The second-order valence-electron chi connectivity index (χ2n) is 3.41. The van der Waals surface area contributed by atoms with Gasteiger partial charge in [0.2, 0.25) is 0 Å². The first-order valence-electron chi connectivity index (χ1n) is 4.30. The van der Waals surface area contributed by atoms with Crippen molar-refractivity contribution in [2.75, 3.05) is 6.61 Å². The number of carbonyl (C=O) groups excluding carboxylic acids is 1. The van der Waals surface area contributed by atoms with E-state index in [-0.39, 0.29) is 5.60 Å². The van der Waals surface area contributed by atoms with Crippen molar-refractivity contribution >= 4 is 6.29 Å². The first-order valence-corrected chi connectivity index (χ1v) is 4.30. The number of hydrogen-bond donors (Lipinski definition) is 0. The molecule has 0 amide bonds. The van der Waals surface area contributed by atoms with Crippen LogP contribution in [-0.2, 0) is 10.3 Å². The van der Waals surface area contributed by atoms with Crippen LogP contribution in [0.1, 0.15) is 29.3 Å². The molecule has 1 atom stereocenters. The monoisotopic (exact) mass is 177 g/mol. The molecule has 1 aliphatic rings. The fourth-order valence-electron chi connectivity index (χ4n) is 1.57. The molecule has 1 aromatic heterocycles. The molecule has 0 radical (unpaired) electrons. The zero-order chi connectivity index (χ0) is 9.31. The predicted octanol–water partition coefficient (Wildman–Crippen LogP) is 1.53. The fraction of sp³-hybridized carbons (Fsp3) is 0.400. The van der Waals surface area contributed by atoms with Crippen molar-refractivity contribution in [2.24, 2.45) is 0 Å². The normalized spacial score (nSPS) is 26.5. The molecule has 0 aliphatic carbocycles. The van der Waals surface area contributed by atoms with Crippen LogP contribution in [0.5, 0.6) is 0 Å². The Balaban J connectivity index is 2.43. The smallest absolute Gasteiger partial charge is 0.150 e. The van der Waals surface area contributed by atoms with Crippen molar-refractivity contribution in [3.05, 3.63) is 29.6 Å². The Bertz CT molecular complexity index is 331. The average molecular weight is 177 g/mol. The minimum Gasteiger partial charge on any atom is -0.370 e. The van der Waals surface area contributed by atoms with Gasteiger partial charge in [-0.05, 0) is 13.0 Å². The maximum absolute atomic E-state index is 10.7. The van der Waals surface area contributed by atoms with Crippen LogP contribution in [0.15, 0.2) is 18.5 Å². The number of ether oxygens (including phenoxy) is 1. The van der Waals surface area contributed by atoms with E-state index in [1.165, 1.54) is 0 Å². The van der Waals surface area contributed by atoms with Gasteiger partial charge in [-0.15, -0.1) is 0 Å². The van der Waals surface area contributed by atoms with Crippen LogP contribution >= 0.6 is 0 Å². The molecule has 1 aliphatic heterocycles. The van der Waals surface area contributed by atoms with E-state index in [1.54, 1.807) is 18.5 Å². The summed E-state index contributed by atoms with van der Waals surface area (Å²) >= 11 is 0. The Morgan fingerprint density at radius 3 is 3.00 bits per heavy atom. The van der Waals surface area contributed by atoms with Gasteiger partial charge >= 0.3 is 0 Å². The van der Waals surface area contributed by atoms with E-state index >= 15 is 0 Å². The van der Waals surface area contributed by atoms with Gasteiger partial charge in [0, 0.05) is 29.9 Å². The highest BCUT2D eigenvalue weighted by atomic mass is 16.5. The minimum absolute atomic E-state index is 0.287. The topological polar surface area (TPSA) is 39.2 Å². The fourth-order valence-corrected chi connectivity index (χ4v) is 1.57. The Hall–Kier alpha value is -1.22. The zero-order valence-corrected chi connectivity index (χ0v) is 7.49. The average Bonchev–Trinajstić information content (AvgIpc) is 2.14. The number of rotatable bonds is 2. The van der Waals surface area contributed by atoms with Gasteiger partial charge in [0.1, 0.15) is 0 Å². The molecule has 1 unspecified atom stereocenters. The Labute approximate surface area is 76.7 Å². The van der Waals surface area contributed by atoms with Crippen LogP contribution in [-0.4, -0.2) is 17.9 Å². The third-order valence-electron chi connectivity index (χ3n) is 2.55. The summed E-state index contributed by atoms with van der Waals surface area (Å²) in [5, 5.41) is 0. The summed E-state index contributed by atoms with van der Waals surface area (Å²) in [5.41, 5.74) is 1.29. The molecule has 3 heteroatoms. The minimum atomic E-state index is -0.287. The standard InChI is InChI=1S/C10H11NO2/c1-10(3-5-13-10)9-6-11-4-2-8(9)7-12/h2,4,6-7H,3,5H2,1H3. The molecule has 13 heavy (non-hydrogen) atoms. The molecule has 0 spiro atoms. The summed E-state index contributed by atoms with van der Waals surface area (Å²) in [6.07, 6.45) is 5.14. The van der Waals surface area contributed by atoms with Crippen molar-refractivity contribution in [1.29, 1.82) is 0 Å². The van der Waals surface area contributed by atoms with Gasteiger partial charge in [-0.2, -0.15) is 0 Å². The maximum Gasteiger partial charge on any atom is 0.150 e. The van der Waals surface area contributed by atoms with Gasteiger partial charge in [-0.3, -0.25) is 9.78 Å². The summed E-state index contributed by atoms with van der Waals surface area (Å²) in [5.74, 6) is 0. The Morgan fingerprint density at radius 1 is 1.69 bits per heavy atom. The van der Waals surface area contributed by atoms with Crippen molar-refractivity contribution in [3.63, 3.8) is 0 Å². The van der Waals surface area contributed by atoms with Gasteiger partial charge in [-0.25, -0.2) is 0 Å².